The number of benzene rings is 11. The van der Waals surface area contributed by atoms with E-state index in [0.29, 0.717) is 0 Å². The first-order chi connectivity index (χ1) is 34.7. The second-order valence-corrected chi connectivity index (χ2v) is 19.4. The van der Waals surface area contributed by atoms with Crippen LogP contribution < -0.4 is 9.80 Å². The fourth-order valence-electron chi connectivity index (χ4n) is 11.6. The lowest BCUT2D eigenvalue weighted by Gasteiger charge is -2.45. The Morgan fingerprint density at radius 1 is 0.314 bits per heavy atom. The minimum absolute atomic E-state index is 0.533. The standard InChI is InChI=1S/C67H44N2S/c1-4-18-45(19-5-1)47-34-39-51(40-35-47)68(52-41-36-48(37-42-52)46-20-6-2-7-21-46)64-33-17-27-57-56-26-16-25-53(65(56)70-66(57)64)49-38-43-55-54-24-10-11-28-58(54)67(61(55)44-49)59-29-12-14-31-62(59)69(50-22-8-3-9-23-50)63-32-15-13-30-60(63)67/h1-44H. The molecule has 11 aromatic carbocycles. The molecule has 70 heavy (non-hydrogen) atoms. The van der Waals surface area contributed by atoms with Gasteiger partial charge in [-0.25, -0.2) is 0 Å². The lowest BCUT2D eigenvalue weighted by molar-refractivity contribution is 0.753. The van der Waals surface area contributed by atoms with Gasteiger partial charge in [-0.15, -0.1) is 11.3 Å². The number of nitrogens with zero attached hydrogens (tertiary/aromatic N) is 2. The van der Waals surface area contributed by atoms with Gasteiger partial charge in [0.25, 0.3) is 0 Å². The van der Waals surface area contributed by atoms with Gasteiger partial charge in [-0.3, -0.25) is 0 Å². The summed E-state index contributed by atoms with van der Waals surface area (Å²) in [6.45, 7) is 0. The molecule has 328 valence electrons. The Bertz CT molecular complexity index is 3800. The summed E-state index contributed by atoms with van der Waals surface area (Å²) in [5, 5.41) is 2.52. The minimum atomic E-state index is -0.533. The number of fused-ring (bicyclic) bond motifs is 12. The van der Waals surface area contributed by atoms with E-state index in [9.17, 15) is 0 Å². The van der Waals surface area contributed by atoms with Crippen molar-refractivity contribution in [3.63, 3.8) is 0 Å². The van der Waals surface area contributed by atoms with Gasteiger partial charge in [-0.05, 0) is 127 Å². The minimum Gasteiger partial charge on any atom is -0.310 e. The molecule has 1 aliphatic carbocycles. The number of hydrogen-bond acceptors (Lipinski definition) is 3. The molecule has 0 bridgehead atoms. The van der Waals surface area contributed by atoms with E-state index in [4.69, 9.17) is 0 Å². The van der Waals surface area contributed by atoms with E-state index >= 15 is 0 Å². The van der Waals surface area contributed by atoms with Crippen LogP contribution in [0.5, 0.6) is 0 Å². The number of rotatable bonds is 7. The van der Waals surface area contributed by atoms with Crippen molar-refractivity contribution < 1.29 is 0 Å². The highest BCUT2D eigenvalue weighted by Gasteiger charge is 2.51. The number of anilines is 6. The van der Waals surface area contributed by atoms with Crippen molar-refractivity contribution in [3.8, 4) is 44.5 Å². The maximum absolute atomic E-state index is 2.52. The Hall–Kier alpha value is -8.76. The quantitative estimate of drug-likeness (QED) is 0.157. The van der Waals surface area contributed by atoms with Gasteiger partial charge in [0, 0.05) is 32.5 Å². The number of hydrogen-bond donors (Lipinski definition) is 0. The zero-order chi connectivity index (χ0) is 46.2. The van der Waals surface area contributed by atoms with Crippen LogP contribution in [-0.2, 0) is 5.41 Å². The summed E-state index contributed by atoms with van der Waals surface area (Å²) >= 11 is 1.90. The highest BCUT2D eigenvalue weighted by Crippen LogP contribution is 2.64. The van der Waals surface area contributed by atoms with E-state index in [0.717, 1.165) is 22.7 Å². The van der Waals surface area contributed by atoms with Crippen molar-refractivity contribution in [3.05, 3.63) is 289 Å². The summed E-state index contributed by atoms with van der Waals surface area (Å²) in [6, 6.07) is 98.4. The highest BCUT2D eigenvalue weighted by atomic mass is 32.1. The topological polar surface area (TPSA) is 6.48 Å². The van der Waals surface area contributed by atoms with E-state index in [1.165, 1.54) is 98.3 Å². The third-order valence-electron chi connectivity index (χ3n) is 14.7. The van der Waals surface area contributed by atoms with Crippen LogP contribution in [0.4, 0.5) is 34.1 Å². The van der Waals surface area contributed by atoms with E-state index in [-0.39, 0.29) is 0 Å². The number of para-hydroxylation sites is 3. The van der Waals surface area contributed by atoms with Gasteiger partial charge in [-0.1, -0.05) is 206 Å². The van der Waals surface area contributed by atoms with Crippen LogP contribution in [0.25, 0.3) is 64.7 Å². The average Bonchev–Trinajstić information content (AvgIpc) is 3.97. The second-order valence-electron chi connectivity index (χ2n) is 18.4. The molecule has 2 aliphatic rings. The molecular formula is C67H44N2S. The third kappa shape index (κ3) is 6.12. The van der Waals surface area contributed by atoms with Crippen molar-refractivity contribution in [1.29, 1.82) is 0 Å². The lowest BCUT2D eigenvalue weighted by Crippen LogP contribution is -2.36. The van der Waals surface area contributed by atoms with E-state index < -0.39 is 5.41 Å². The summed E-state index contributed by atoms with van der Waals surface area (Å²) in [5.74, 6) is 0. The summed E-state index contributed by atoms with van der Waals surface area (Å²) in [5.41, 5.74) is 21.5. The molecule has 1 aliphatic heterocycles. The van der Waals surface area contributed by atoms with Crippen molar-refractivity contribution in [2.75, 3.05) is 9.80 Å². The van der Waals surface area contributed by atoms with Crippen molar-refractivity contribution in [2.24, 2.45) is 0 Å². The molecule has 0 fully saturated rings. The molecular weight excluding hydrogens is 865 g/mol. The normalized spacial score (nSPS) is 12.9. The van der Waals surface area contributed by atoms with Crippen LogP contribution in [0.1, 0.15) is 22.3 Å². The second kappa shape index (κ2) is 16.2. The van der Waals surface area contributed by atoms with Gasteiger partial charge in [0.1, 0.15) is 0 Å². The molecule has 3 heteroatoms. The molecule has 14 rings (SSSR count). The van der Waals surface area contributed by atoms with E-state index in [2.05, 4.69) is 277 Å². The van der Waals surface area contributed by atoms with Crippen molar-refractivity contribution in [1.82, 2.24) is 0 Å². The first-order valence-corrected chi connectivity index (χ1v) is 24.9. The molecule has 2 heterocycles. The zero-order valence-electron chi connectivity index (χ0n) is 38.2. The Balaban J connectivity index is 0.952. The Morgan fingerprint density at radius 3 is 1.39 bits per heavy atom. The van der Waals surface area contributed by atoms with Crippen molar-refractivity contribution in [2.45, 2.75) is 5.41 Å². The van der Waals surface area contributed by atoms with Crippen LogP contribution >= 0.6 is 11.3 Å². The average molecular weight is 909 g/mol. The Morgan fingerprint density at radius 2 is 0.771 bits per heavy atom. The van der Waals surface area contributed by atoms with Crippen molar-refractivity contribution >= 4 is 65.6 Å². The van der Waals surface area contributed by atoms with Gasteiger partial charge < -0.3 is 9.80 Å². The fourth-order valence-corrected chi connectivity index (χ4v) is 13.0. The molecule has 2 nitrogen and oxygen atoms in total. The predicted molar refractivity (Wildman–Crippen MR) is 296 cm³/mol. The van der Waals surface area contributed by atoms with Crippen LogP contribution in [0.15, 0.2) is 267 Å². The molecule has 1 aromatic heterocycles. The lowest BCUT2D eigenvalue weighted by atomic mass is 9.64. The van der Waals surface area contributed by atoms with Gasteiger partial charge >= 0.3 is 0 Å². The predicted octanol–water partition coefficient (Wildman–Crippen LogP) is 18.7. The summed E-state index contributed by atoms with van der Waals surface area (Å²) in [6.07, 6.45) is 0. The van der Waals surface area contributed by atoms with E-state index in [1.807, 2.05) is 11.3 Å². The molecule has 0 N–H and O–H groups in total. The van der Waals surface area contributed by atoms with Crippen LogP contribution in [0.2, 0.25) is 0 Å². The summed E-state index contributed by atoms with van der Waals surface area (Å²) in [7, 11) is 0. The molecule has 0 unspecified atom stereocenters. The molecule has 0 saturated carbocycles. The van der Waals surface area contributed by atoms with Crippen LogP contribution in [0.3, 0.4) is 0 Å². The van der Waals surface area contributed by atoms with Crippen LogP contribution in [-0.4, -0.2) is 0 Å². The molecule has 12 aromatic rings. The molecule has 0 radical (unpaired) electrons. The third-order valence-corrected chi connectivity index (χ3v) is 16.0. The monoisotopic (exact) mass is 908 g/mol. The van der Waals surface area contributed by atoms with Crippen LogP contribution in [0, 0.1) is 0 Å². The molecule has 1 spiro atoms. The molecule has 0 amide bonds. The van der Waals surface area contributed by atoms with E-state index in [1.54, 1.807) is 0 Å². The Kier molecular flexibility index (Phi) is 9.33. The first kappa shape index (κ1) is 40.3. The number of thiophene rings is 1. The van der Waals surface area contributed by atoms with Gasteiger partial charge in [0.05, 0.1) is 27.2 Å². The fraction of sp³-hybridized carbons (Fsp3) is 0.0149. The smallest absolute Gasteiger partial charge is 0.0754 e. The molecule has 0 saturated heterocycles. The molecule has 0 atom stereocenters. The maximum Gasteiger partial charge on any atom is 0.0754 e. The first-order valence-electron chi connectivity index (χ1n) is 24.1. The highest BCUT2D eigenvalue weighted by molar-refractivity contribution is 7.27. The maximum atomic E-state index is 2.52. The largest absolute Gasteiger partial charge is 0.310 e. The summed E-state index contributed by atoms with van der Waals surface area (Å²) < 4.78 is 2.54. The van der Waals surface area contributed by atoms with Gasteiger partial charge in [-0.2, -0.15) is 0 Å². The SMILES string of the molecule is c1ccc(-c2ccc(N(c3ccc(-c4ccccc4)cc3)c3cccc4c3sc3c(-c5ccc6c(c5)C5(c7ccccc7-6)c6ccccc6N(c6ccccc6)c6ccccc65)cccc34)cc2)cc1. The Labute approximate surface area is 412 Å². The van der Waals surface area contributed by atoms with Gasteiger partial charge in [0.2, 0.25) is 0 Å². The summed E-state index contributed by atoms with van der Waals surface area (Å²) in [4.78, 5) is 4.89. The van der Waals surface area contributed by atoms with Gasteiger partial charge in [0.15, 0.2) is 0 Å². The zero-order valence-corrected chi connectivity index (χ0v) is 39.0.